The van der Waals surface area contributed by atoms with Crippen molar-refractivity contribution in [1.82, 2.24) is 4.90 Å². The van der Waals surface area contributed by atoms with E-state index >= 15 is 0 Å². The van der Waals surface area contributed by atoms with Gasteiger partial charge < -0.3 is 5.11 Å². The quantitative estimate of drug-likeness (QED) is 0.817. The molecule has 1 aliphatic heterocycles. The number of hydrogen-bond acceptors (Lipinski definition) is 3. The molecule has 2 atom stereocenters. The Morgan fingerprint density at radius 3 is 2.16 bits per heavy atom. The fourth-order valence-corrected chi connectivity index (χ4v) is 2.96. The van der Waals surface area contributed by atoms with Crippen LogP contribution in [-0.4, -0.2) is 33.8 Å². The van der Waals surface area contributed by atoms with Crippen molar-refractivity contribution in [2.24, 2.45) is 5.92 Å². The first-order valence-electron chi connectivity index (χ1n) is 6.29. The van der Waals surface area contributed by atoms with Gasteiger partial charge in [0.25, 0.3) is 11.8 Å². The Labute approximate surface area is 109 Å². The third-order valence-electron chi connectivity index (χ3n) is 3.94. The summed E-state index contributed by atoms with van der Waals surface area (Å²) >= 11 is 0. The molecule has 1 aromatic rings. The summed E-state index contributed by atoms with van der Waals surface area (Å²) in [5.74, 6) is -1.89. The van der Waals surface area contributed by atoms with Gasteiger partial charge in [-0.1, -0.05) is 12.1 Å². The highest BCUT2D eigenvalue weighted by Crippen LogP contribution is 2.34. The molecule has 5 heteroatoms. The van der Waals surface area contributed by atoms with Gasteiger partial charge in [-0.05, 0) is 31.4 Å². The first-order valence-corrected chi connectivity index (χ1v) is 6.29. The Bertz CT molecular complexity index is 546. The molecular weight excluding hydrogens is 246 g/mol. The SMILES string of the molecule is O=C(O)[C@@H]1CC[C@@H](N2C(=O)c3ccccc3C2=O)C1. The van der Waals surface area contributed by atoms with Gasteiger partial charge in [0.15, 0.2) is 0 Å². The van der Waals surface area contributed by atoms with Crippen molar-refractivity contribution < 1.29 is 19.5 Å². The van der Waals surface area contributed by atoms with Gasteiger partial charge in [-0.15, -0.1) is 0 Å². The number of carboxylic acids is 1. The van der Waals surface area contributed by atoms with E-state index in [0.717, 1.165) is 0 Å². The largest absolute Gasteiger partial charge is 0.481 e. The number of hydrogen-bond donors (Lipinski definition) is 1. The maximum atomic E-state index is 12.2. The van der Waals surface area contributed by atoms with Gasteiger partial charge in [-0.3, -0.25) is 19.3 Å². The number of aliphatic carboxylic acids is 1. The first-order chi connectivity index (χ1) is 9.09. The Hall–Kier alpha value is -2.17. The van der Waals surface area contributed by atoms with Gasteiger partial charge >= 0.3 is 5.97 Å². The Morgan fingerprint density at radius 1 is 1.11 bits per heavy atom. The van der Waals surface area contributed by atoms with Crippen LogP contribution < -0.4 is 0 Å². The lowest BCUT2D eigenvalue weighted by molar-refractivity contribution is -0.141. The minimum atomic E-state index is -0.848. The molecule has 19 heavy (non-hydrogen) atoms. The molecule has 2 aliphatic rings. The van der Waals surface area contributed by atoms with E-state index in [1.54, 1.807) is 24.3 Å². The van der Waals surface area contributed by atoms with Crippen LogP contribution >= 0.6 is 0 Å². The summed E-state index contributed by atoms with van der Waals surface area (Å²) in [6, 6.07) is 6.44. The van der Waals surface area contributed by atoms with E-state index in [9.17, 15) is 14.4 Å². The molecule has 2 amide bonds. The summed E-state index contributed by atoms with van der Waals surface area (Å²) in [4.78, 5) is 36.7. The monoisotopic (exact) mass is 259 g/mol. The predicted molar refractivity (Wildman–Crippen MR) is 65.7 cm³/mol. The van der Waals surface area contributed by atoms with Crippen LogP contribution in [0.2, 0.25) is 0 Å². The first kappa shape index (κ1) is 11.9. The van der Waals surface area contributed by atoms with E-state index in [4.69, 9.17) is 5.11 Å². The molecule has 1 fully saturated rings. The third-order valence-corrected chi connectivity index (χ3v) is 3.94. The molecule has 1 aliphatic carbocycles. The van der Waals surface area contributed by atoms with Gasteiger partial charge in [-0.25, -0.2) is 0 Å². The van der Waals surface area contributed by atoms with Crippen LogP contribution in [0.3, 0.4) is 0 Å². The molecule has 3 rings (SSSR count). The van der Waals surface area contributed by atoms with Crippen molar-refractivity contribution in [2.75, 3.05) is 0 Å². The number of benzene rings is 1. The van der Waals surface area contributed by atoms with Crippen molar-refractivity contribution in [3.8, 4) is 0 Å². The molecule has 98 valence electrons. The molecular formula is C14H13NO4. The fraction of sp³-hybridized carbons (Fsp3) is 0.357. The lowest BCUT2D eigenvalue weighted by atomic mass is 10.1. The van der Waals surface area contributed by atoms with E-state index in [2.05, 4.69) is 0 Å². The summed E-state index contributed by atoms with van der Waals surface area (Å²) < 4.78 is 0. The summed E-state index contributed by atoms with van der Waals surface area (Å²) in [6.45, 7) is 0. The molecule has 1 aromatic carbocycles. The van der Waals surface area contributed by atoms with E-state index in [0.29, 0.717) is 30.4 Å². The van der Waals surface area contributed by atoms with Crippen LogP contribution in [0.1, 0.15) is 40.0 Å². The third kappa shape index (κ3) is 1.73. The molecule has 0 bridgehead atoms. The molecule has 1 heterocycles. The number of rotatable bonds is 2. The van der Waals surface area contributed by atoms with E-state index in [-0.39, 0.29) is 17.9 Å². The number of carboxylic acid groups (broad SMARTS) is 1. The summed E-state index contributed by atoms with van der Waals surface area (Å²) in [5.41, 5.74) is 0.845. The number of amides is 2. The minimum absolute atomic E-state index is 0.284. The molecule has 0 spiro atoms. The van der Waals surface area contributed by atoms with Gasteiger partial charge in [0.1, 0.15) is 0 Å². The predicted octanol–water partition coefficient (Wildman–Crippen LogP) is 1.54. The molecule has 0 unspecified atom stereocenters. The molecule has 1 N–H and O–H groups in total. The van der Waals surface area contributed by atoms with Gasteiger partial charge in [0, 0.05) is 6.04 Å². The van der Waals surface area contributed by atoms with Crippen molar-refractivity contribution in [2.45, 2.75) is 25.3 Å². The number of fused-ring (bicyclic) bond motifs is 1. The Balaban J connectivity index is 1.87. The molecule has 1 saturated carbocycles. The van der Waals surface area contributed by atoms with Crippen molar-refractivity contribution in [3.05, 3.63) is 35.4 Å². The lowest BCUT2D eigenvalue weighted by Gasteiger charge is -2.21. The second-order valence-electron chi connectivity index (χ2n) is 5.03. The molecule has 0 radical (unpaired) electrons. The van der Waals surface area contributed by atoms with Crippen LogP contribution in [0.15, 0.2) is 24.3 Å². The van der Waals surface area contributed by atoms with Crippen LogP contribution in [0.5, 0.6) is 0 Å². The number of nitrogens with zero attached hydrogens (tertiary/aromatic N) is 1. The molecule has 5 nitrogen and oxygen atoms in total. The second kappa shape index (κ2) is 4.19. The van der Waals surface area contributed by atoms with Gasteiger partial charge in [-0.2, -0.15) is 0 Å². The average molecular weight is 259 g/mol. The minimum Gasteiger partial charge on any atom is -0.481 e. The van der Waals surface area contributed by atoms with E-state index < -0.39 is 11.9 Å². The van der Waals surface area contributed by atoms with E-state index in [1.807, 2.05) is 0 Å². The van der Waals surface area contributed by atoms with E-state index in [1.165, 1.54) is 4.90 Å². The maximum absolute atomic E-state index is 12.2. The van der Waals surface area contributed by atoms with Crippen LogP contribution in [-0.2, 0) is 4.79 Å². The second-order valence-corrected chi connectivity index (χ2v) is 5.03. The van der Waals surface area contributed by atoms with Crippen LogP contribution in [0, 0.1) is 5.92 Å². The molecule has 0 saturated heterocycles. The number of carbonyl (C=O) groups excluding carboxylic acids is 2. The number of imide groups is 1. The van der Waals surface area contributed by atoms with Crippen molar-refractivity contribution in [3.63, 3.8) is 0 Å². The lowest BCUT2D eigenvalue weighted by Crippen LogP contribution is -2.38. The normalized spacial score (nSPS) is 25.8. The fourth-order valence-electron chi connectivity index (χ4n) is 2.96. The topological polar surface area (TPSA) is 74.7 Å². The van der Waals surface area contributed by atoms with Gasteiger partial charge in [0.05, 0.1) is 17.0 Å². The number of carbonyl (C=O) groups is 3. The van der Waals surface area contributed by atoms with Gasteiger partial charge in [0.2, 0.25) is 0 Å². The highest BCUT2D eigenvalue weighted by atomic mass is 16.4. The maximum Gasteiger partial charge on any atom is 0.306 e. The standard InChI is InChI=1S/C14H13NO4/c16-12-10-3-1-2-4-11(10)13(17)15(12)9-6-5-8(7-9)14(18)19/h1-4,8-9H,5-7H2,(H,18,19)/t8-,9-/m1/s1. The Kier molecular flexibility index (Phi) is 2.62. The highest BCUT2D eigenvalue weighted by Gasteiger charge is 2.43. The average Bonchev–Trinajstić information content (AvgIpc) is 2.96. The zero-order valence-corrected chi connectivity index (χ0v) is 10.2. The smallest absolute Gasteiger partial charge is 0.306 e. The zero-order valence-electron chi connectivity index (χ0n) is 10.2. The highest BCUT2D eigenvalue weighted by molar-refractivity contribution is 6.21. The van der Waals surface area contributed by atoms with Crippen LogP contribution in [0.4, 0.5) is 0 Å². The van der Waals surface area contributed by atoms with Crippen molar-refractivity contribution >= 4 is 17.8 Å². The zero-order chi connectivity index (χ0) is 13.6. The van der Waals surface area contributed by atoms with Crippen molar-refractivity contribution in [1.29, 1.82) is 0 Å². The Morgan fingerprint density at radius 2 is 1.68 bits per heavy atom. The van der Waals surface area contributed by atoms with Crippen LogP contribution in [0.25, 0.3) is 0 Å². The summed E-state index contributed by atoms with van der Waals surface area (Å²) in [6.07, 6.45) is 1.46. The summed E-state index contributed by atoms with van der Waals surface area (Å²) in [7, 11) is 0. The summed E-state index contributed by atoms with van der Waals surface area (Å²) in [5, 5.41) is 8.99. The molecule has 0 aromatic heterocycles.